The van der Waals surface area contributed by atoms with Crippen LogP contribution in [0.2, 0.25) is 0 Å². The van der Waals surface area contributed by atoms with E-state index >= 15 is 0 Å². The predicted molar refractivity (Wildman–Crippen MR) is 75.6 cm³/mol. The Morgan fingerprint density at radius 3 is 2.75 bits per heavy atom. The highest BCUT2D eigenvalue weighted by Crippen LogP contribution is 2.34. The number of hydrogen-bond acceptors (Lipinski definition) is 2. The van der Waals surface area contributed by atoms with Gasteiger partial charge in [-0.2, -0.15) is 0 Å². The molecule has 0 heterocycles. The Balaban J connectivity index is 1.95. The van der Waals surface area contributed by atoms with Crippen LogP contribution in [0, 0.1) is 5.82 Å². The molecular weight excluding hydrogens is 255 g/mol. The zero-order valence-electron chi connectivity index (χ0n) is 11.4. The van der Waals surface area contributed by atoms with Crippen LogP contribution in [-0.2, 0) is 12.8 Å². The van der Waals surface area contributed by atoms with Gasteiger partial charge in [0.2, 0.25) is 0 Å². The molecule has 0 aromatic heterocycles. The van der Waals surface area contributed by atoms with Gasteiger partial charge in [-0.15, -0.1) is 0 Å². The van der Waals surface area contributed by atoms with Gasteiger partial charge in [0, 0.05) is 5.56 Å². The first-order valence-corrected chi connectivity index (χ1v) is 6.91. The van der Waals surface area contributed by atoms with Crippen molar-refractivity contribution in [1.29, 1.82) is 0 Å². The van der Waals surface area contributed by atoms with E-state index in [4.69, 9.17) is 4.74 Å². The number of rotatable bonds is 3. The molecule has 3 rings (SSSR count). The largest absolute Gasteiger partial charge is 0.454 e. The predicted octanol–water partition coefficient (Wildman–Crippen LogP) is 4.16. The summed E-state index contributed by atoms with van der Waals surface area (Å²) in [6.45, 7) is 1.60. The number of aliphatic hydroxyl groups is 1. The summed E-state index contributed by atoms with van der Waals surface area (Å²) in [4.78, 5) is 0. The zero-order chi connectivity index (χ0) is 14.1. The molecule has 20 heavy (non-hydrogen) atoms. The van der Waals surface area contributed by atoms with Crippen LogP contribution in [0.3, 0.4) is 0 Å². The first-order chi connectivity index (χ1) is 9.65. The quantitative estimate of drug-likeness (QED) is 0.909. The van der Waals surface area contributed by atoms with Crippen molar-refractivity contribution in [2.24, 2.45) is 0 Å². The number of aryl methyl sites for hydroxylation is 2. The fraction of sp³-hybridized carbons (Fsp3) is 0.294. The Morgan fingerprint density at radius 2 is 1.95 bits per heavy atom. The average molecular weight is 272 g/mol. The summed E-state index contributed by atoms with van der Waals surface area (Å²) in [5, 5.41) is 9.72. The van der Waals surface area contributed by atoms with Crippen LogP contribution in [-0.4, -0.2) is 5.11 Å². The number of ether oxygens (including phenoxy) is 1. The number of para-hydroxylation sites is 1. The normalized spacial score (nSPS) is 14.9. The van der Waals surface area contributed by atoms with Gasteiger partial charge in [0.25, 0.3) is 0 Å². The van der Waals surface area contributed by atoms with Gasteiger partial charge >= 0.3 is 0 Å². The van der Waals surface area contributed by atoms with Gasteiger partial charge in [0.05, 0.1) is 6.10 Å². The number of benzene rings is 2. The van der Waals surface area contributed by atoms with Crippen molar-refractivity contribution >= 4 is 0 Å². The summed E-state index contributed by atoms with van der Waals surface area (Å²) < 4.78 is 19.6. The van der Waals surface area contributed by atoms with E-state index in [-0.39, 0.29) is 5.75 Å². The molecule has 0 unspecified atom stereocenters. The highest BCUT2D eigenvalue weighted by atomic mass is 19.1. The van der Waals surface area contributed by atoms with Gasteiger partial charge in [-0.1, -0.05) is 18.2 Å². The lowest BCUT2D eigenvalue weighted by Crippen LogP contribution is -1.99. The van der Waals surface area contributed by atoms with Crippen LogP contribution in [0.4, 0.5) is 4.39 Å². The minimum absolute atomic E-state index is 0.112. The topological polar surface area (TPSA) is 29.5 Å². The maximum Gasteiger partial charge on any atom is 0.168 e. The van der Waals surface area contributed by atoms with E-state index in [9.17, 15) is 9.50 Å². The summed E-state index contributed by atoms with van der Waals surface area (Å²) in [7, 11) is 0. The third kappa shape index (κ3) is 2.41. The lowest BCUT2D eigenvalue weighted by Gasteiger charge is -2.14. The molecule has 2 aromatic rings. The first-order valence-electron chi connectivity index (χ1n) is 6.91. The van der Waals surface area contributed by atoms with Crippen molar-refractivity contribution in [3.8, 4) is 11.5 Å². The van der Waals surface area contributed by atoms with Crippen LogP contribution in [0.1, 0.15) is 36.1 Å². The van der Waals surface area contributed by atoms with Crippen molar-refractivity contribution in [1.82, 2.24) is 0 Å². The molecule has 0 radical (unpaired) electrons. The Kier molecular flexibility index (Phi) is 3.45. The highest BCUT2D eigenvalue weighted by Gasteiger charge is 2.16. The van der Waals surface area contributed by atoms with Gasteiger partial charge < -0.3 is 9.84 Å². The molecule has 1 aliphatic rings. The standard InChI is InChI=1S/C17H17FO2/c1-11(19)15-6-3-7-16(18)17(15)20-14-9-8-12-4-2-5-13(12)10-14/h3,6-11,19H,2,4-5H2,1H3/t11-/m0/s1. The number of halogens is 1. The summed E-state index contributed by atoms with van der Waals surface area (Å²) >= 11 is 0. The maximum absolute atomic E-state index is 13.9. The Bertz CT molecular complexity index is 635. The van der Waals surface area contributed by atoms with E-state index in [0.29, 0.717) is 11.3 Å². The van der Waals surface area contributed by atoms with Crippen LogP contribution in [0.15, 0.2) is 36.4 Å². The second-order valence-electron chi connectivity index (χ2n) is 5.22. The molecule has 1 N–H and O–H groups in total. The molecular formula is C17H17FO2. The van der Waals surface area contributed by atoms with E-state index in [0.717, 1.165) is 19.3 Å². The molecule has 2 aromatic carbocycles. The highest BCUT2D eigenvalue weighted by molar-refractivity contribution is 5.43. The monoisotopic (exact) mass is 272 g/mol. The van der Waals surface area contributed by atoms with Gasteiger partial charge in [0.1, 0.15) is 5.75 Å². The molecule has 0 fully saturated rings. The number of fused-ring (bicyclic) bond motifs is 1. The van der Waals surface area contributed by atoms with Gasteiger partial charge in [-0.3, -0.25) is 0 Å². The maximum atomic E-state index is 13.9. The van der Waals surface area contributed by atoms with E-state index in [1.54, 1.807) is 19.1 Å². The molecule has 0 spiro atoms. The summed E-state index contributed by atoms with van der Waals surface area (Å²) in [5.74, 6) is 0.280. The fourth-order valence-corrected chi connectivity index (χ4v) is 2.69. The van der Waals surface area contributed by atoms with Gasteiger partial charge in [-0.05, 0) is 55.5 Å². The van der Waals surface area contributed by atoms with Crippen LogP contribution < -0.4 is 4.74 Å². The van der Waals surface area contributed by atoms with Crippen molar-refractivity contribution in [3.63, 3.8) is 0 Å². The molecule has 0 aliphatic heterocycles. The van der Waals surface area contributed by atoms with Crippen molar-refractivity contribution in [2.75, 3.05) is 0 Å². The SMILES string of the molecule is C[C@H](O)c1cccc(F)c1Oc1ccc2c(c1)CCC2. The zero-order valence-corrected chi connectivity index (χ0v) is 11.4. The Labute approximate surface area is 117 Å². The minimum atomic E-state index is -0.768. The molecule has 2 nitrogen and oxygen atoms in total. The molecule has 104 valence electrons. The van der Waals surface area contributed by atoms with Gasteiger partial charge in [0.15, 0.2) is 11.6 Å². The first kappa shape index (κ1) is 13.1. The van der Waals surface area contributed by atoms with Crippen molar-refractivity contribution < 1.29 is 14.2 Å². The Hall–Kier alpha value is -1.87. The minimum Gasteiger partial charge on any atom is -0.454 e. The number of hydrogen-bond donors (Lipinski definition) is 1. The lowest BCUT2D eigenvalue weighted by molar-refractivity contribution is 0.194. The molecule has 0 saturated carbocycles. The van der Waals surface area contributed by atoms with Crippen LogP contribution in [0.5, 0.6) is 11.5 Å². The molecule has 1 atom stereocenters. The molecule has 0 saturated heterocycles. The van der Waals surface area contributed by atoms with E-state index in [1.807, 2.05) is 18.2 Å². The second kappa shape index (κ2) is 5.25. The summed E-state index contributed by atoms with van der Waals surface area (Å²) in [6, 6.07) is 10.5. The number of aliphatic hydroxyl groups excluding tert-OH is 1. The lowest BCUT2D eigenvalue weighted by atomic mass is 10.1. The summed E-state index contributed by atoms with van der Waals surface area (Å²) in [6.07, 6.45) is 2.55. The summed E-state index contributed by atoms with van der Waals surface area (Å²) in [5.41, 5.74) is 3.09. The van der Waals surface area contributed by atoms with E-state index < -0.39 is 11.9 Å². The molecule has 0 amide bonds. The van der Waals surface area contributed by atoms with E-state index in [2.05, 4.69) is 0 Å². The van der Waals surface area contributed by atoms with Crippen LogP contribution >= 0.6 is 0 Å². The molecule has 1 aliphatic carbocycles. The van der Waals surface area contributed by atoms with Gasteiger partial charge in [-0.25, -0.2) is 4.39 Å². The second-order valence-corrected chi connectivity index (χ2v) is 5.22. The van der Waals surface area contributed by atoms with Crippen molar-refractivity contribution in [3.05, 3.63) is 58.9 Å². The molecule has 0 bridgehead atoms. The van der Waals surface area contributed by atoms with Crippen LogP contribution in [0.25, 0.3) is 0 Å². The Morgan fingerprint density at radius 1 is 1.15 bits per heavy atom. The third-order valence-corrected chi connectivity index (χ3v) is 3.74. The van der Waals surface area contributed by atoms with E-state index in [1.165, 1.54) is 17.2 Å². The average Bonchev–Trinajstić information content (AvgIpc) is 2.88. The van der Waals surface area contributed by atoms with Crippen molar-refractivity contribution in [2.45, 2.75) is 32.3 Å². The molecule has 3 heteroatoms. The fourth-order valence-electron chi connectivity index (χ4n) is 2.69. The third-order valence-electron chi connectivity index (χ3n) is 3.74. The smallest absolute Gasteiger partial charge is 0.168 e.